The lowest BCUT2D eigenvalue weighted by Gasteiger charge is -2.17. The van der Waals surface area contributed by atoms with Crippen molar-refractivity contribution in [2.75, 3.05) is 0 Å². The standard InChI is InChI=1S/C12H20OS/c1-5-6-8(2)11(13)12-9(3)7-10(4)14-12/h7-8,11,13H,5-6H2,1-4H3. The number of aliphatic hydroxyl groups is 1. The second-order valence-electron chi connectivity index (χ2n) is 4.12. The molecule has 1 N–H and O–H groups in total. The van der Waals surface area contributed by atoms with Crippen LogP contribution in [0.15, 0.2) is 6.07 Å². The average Bonchev–Trinajstić information content (AvgIpc) is 2.44. The van der Waals surface area contributed by atoms with E-state index >= 15 is 0 Å². The zero-order chi connectivity index (χ0) is 10.7. The molecule has 1 rings (SSSR count). The first kappa shape index (κ1) is 11.7. The molecule has 0 amide bonds. The van der Waals surface area contributed by atoms with Crippen LogP contribution in [0.5, 0.6) is 0 Å². The molecular formula is C12H20OS. The second-order valence-corrected chi connectivity index (χ2v) is 5.40. The molecule has 2 unspecified atom stereocenters. The molecule has 1 aromatic rings. The Morgan fingerprint density at radius 3 is 2.50 bits per heavy atom. The van der Waals surface area contributed by atoms with Crippen molar-refractivity contribution in [1.29, 1.82) is 0 Å². The monoisotopic (exact) mass is 212 g/mol. The summed E-state index contributed by atoms with van der Waals surface area (Å²) < 4.78 is 0. The summed E-state index contributed by atoms with van der Waals surface area (Å²) in [6.45, 7) is 8.47. The van der Waals surface area contributed by atoms with Crippen molar-refractivity contribution in [3.8, 4) is 0 Å². The topological polar surface area (TPSA) is 20.2 Å². The average molecular weight is 212 g/mol. The third-order valence-electron chi connectivity index (χ3n) is 2.63. The van der Waals surface area contributed by atoms with E-state index in [0.29, 0.717) is 5.92 Å². The van der Waals surface area contributed by atoms with Crippen molar-refractivity contribution < 1.29 is 5.11 Å². The minimum absolute atomic E-state index is 0.270. The molecule has 0 aliphatic carbocycles. The van der Waals surface area contributed by atoms with Crippen molar-refractivity contribution in [2.24, 2.45) is 5.92 Å². The van der Waals surface area contributed by atoms with Gasteiger partial charge in [-0.05, 0) is 37.8 Å². The molecule has 1 nitrogen and oxygen atoms in total. The van der Waals surface area contributed by atoms with E-state index in [2.05, 4.69) is 33.8 Å². The summed E-state index contributed by atoms with van der Waals surface area (Å²) in [6, 6.07) is 2.15. The molecule has 2 heteroatoms. The van der Waals surface area contributed by atoms with Gasteiger partial charge in [0, 0.05) is 9.75 Å². The van der Waals surface area contributed by atoms with E-state index in [4.69, 9.17) is 0 Å². The molecule has 2 atom stereocenters. The molecule has 0 aliphatic heterocycles. The van der Waals surface area contributed by atoms with Gasteiger partial charge in [0.25, 0.3) is 0 Å². The molecular weight excluding hydrogens is 192 g/mol. The zero-order valence-electron chi connectivity index (χ0n) is 9.50. The van der Waals surface area contributed by atoms with Crippen LogP contribution in [0.25, 0.3) is 0 Å². The summed E-state index contributed by atoms with van der Waals surface area (Å²) in [5, 5.41) is 10.1. The van der Waals surface area contributed by atoms with Gasteiger partial charge in [-0.2, -0.15) is 0 Å². The Morgan fingerprint density at radius 2 is 2.07 bits per heavy atom. The minimum Gasteiger partial charge on any atom is -0.387 e. The van der Waals surface area contributed by atoms with Crippen LogP contribution in [0.1, 0.15) is 48.1 Å². The lowest BCUT2D eigenvalue weighted by Crippen LogP contribution is -2.08. The molecule has 0 spiro atoms. The fraction of sp³-hybridized carbons (Fsp3) is 0.667. The molecule has 0 radical (unpaired) electrons. The lowest BCUT2D eigenvalue weighted by molar-refractivity contribution is 0.115. The normalized spacial score (nSPS) is 15.5. The van der Waals surface area contributed by atoms with Crippen molar-refractivity contribution in [1.82, 2.24) is 0 Å². The Kier molecular flexibility index (Phi) is 4.14. The summed E-state index contributed by atoms with van der Waals surface area (Å²) in [7, 11) is 0. The van der Waals surface area contributed by atoms with Gasteiger partial charge in [0.2, 0.25) is 0 Å². The highest BCUT2D eigenvalue weighted by Gasteiger charge is 2.19. The van der Waals surface area contributed by atoms with E-state index in [-0.39, 0.29) is 6.10 Å². The van der Waals surface area contributed by atoms with Gasteiger partial charge in [-0.1, -0.05) is 20.3 Å². The van der Waals surface area contributed by atoms with E-state index in [1.54, 1.807) is 11.3 Å². The van der Waals surface area contributed by atoms with Crippen LogP contribution in [0.2, 0.25) is 0 Å². The number of hydrogen-bond acceptors (Lipinski definition) is 2. The van der Waals surface area contributed by atoms with Gasteiger partial charge in [0.05, 0.1) is 6.10 Å². The first-order valence-corrected chi connectivity index (χ1v) is 6.13. The van der Waals surface area contributed by atoms with Gasteiger partial charge in [-0.3, -0.25) is 0 Å². The summed E-state index contributed by atoms with van der Waals surface area (Å²) in [4.78, 5) is 2.45. The highest BCUT2D eigenvalue weighted by molar-refractivity contribution is 7.12. The van der Waals surface area contributed by atoms with Crippen molar-refractivity contribution in [2.45, 2.75) is 46.6 Å². The lowest BCUT2D eigenvalue weighted by atomic mass is 9.97. The highest BCUT2D eigenvalue weighted by atomic mass is 32.1. The highest BCUT2D eigenvalue weighted by Crippen LogP contribution is 2.33. The third kappa shape index (κ3) is 2.58. The van der Waals surface area contributed by atoms with Gasteiger partial charge >= 0.3 is 0 Å². The number of hydrogen-bond donors (Lipinski definition) is 1. The summed E-state index contributed by atoms with van der Waals surface area (Å²) in [5.74, 6) is 0.372. The fourth-order valence-corrected chi connectivity index (χ4v) is 2.98. The maximum atomic E-state index is 10.1. The van der Waals surface area contributed by atoms with Crippen LogP contribution in [-0.2, 0) is 0 Å². The predicted molar refractivity (Wildman–Crippen MR) is 62.8 cm³/mol. The van der Waals surface area contributed by atoms with Crippen LogP contribution >= 0.6 is 11.3 Å². The van der Waals surface area contributed by atoms with E-state index < -0.39 is 0 Å². The second kappa shape index (κ2) is 4.94. The first-order chi connectivity index (χ1) is 6.56. The van der Waals surface area contributed by atoms with Gasteiger partial charge in [0.1, 0.15) is 0 Å². The Bertz CT molecular complexity index is 291. The maximum Gasteiger partial charge on any atom is 0.0910 e. The number of rotatable bonds is 4. The maximum absolute atomic E-state index is 10.1. The predicted octanol–water partition coefficient (Wildman–Crippen LogP) is 3.83. The Labute approximate surface area is 90.8 Å². The van der Waals surface area contributed by atoms with Gasteiger partial charge in [-0.25, -0.2) is 0 Å². The molecule has 80 valence electrons. The van der Waals surface area contributed by atoms with Gasteiger partial charge in [0.15, 0.2) is 0 Å². The van der Waals surface area contributed by atoms with Crippen molar-refractivity contribution in [3.63, 3.8) is 0 Å². The van der Waals surface area contributed by atoms with Crippen LogP contribution in [0, 0.1) is 19.8 Å². The Morgan fingerprint density at radius 1 is 1.43 bits per heavy atom. The van der Waals surface area contributed by atoms with Crippen LogP contribution < -0.4 is 0 Å². The zero-order valence-corrected chi connectivity index (χ0v) is 10.3. The summed E-state index contributed by atoms with van der Waals surface area (Å²) in [5.41, 5.74) is 1.24. The molecule has 0 aromatic carbocycles. The third-order valence-corrected chi connectivity index (χ3v) is 3.85. The van der Waals surface area contributed by atoms with E-state index in [1.807, 2.05) is 0 Å². The van der Waals surface area contributed by atoms with Crippen LogP contribution in [-0.4, -0.2) is 5.11 Å². The van der Waals surface area contributed by atoms with Crippen LogP contribution in [0.4, 0.5) is 0 Å². The molecule has 1 aromatic heterocycles. The van der Waals surface area contributed by atoms with Gasteiger partial charge in [-0.15, -0.1) is 11.3 Å². The molecule has 0 fully saturated rings. The molecule has 1 heterocycles. The summed E-state index contributed by atoms with van der Waals surface area (Å²) >= 11 is 1.73. The fourth-order valence-electron chi connectivity index (χ4n) is 1.82. The van der Waals surface area contributed by atoms with E-state index in [1.165, 1.54) is 10.4 Å². The summed E-state index contributed by atoms with van der Waals surface area (Å²) in [6.07, 6.45) is 1.97. The molecule has 0 saturated heterocycles. The number of aliphatic hydroxyl groups excluding tert-OH is 1. The van der Waals surface area contributed by atoms with Crippen molar-refractivity contribution in [3.05, 3.63) is 21.4 Å². The largest absolute Gasteiger partial charge is 0.387 e. The molecule has 0 saturated carbocycles. The SMILES string of the molecule is CCCC(C)C(O)c1sc(C)cc1C. The van der Waals surface area contributed by atoms with E-state index in [0.717, 1.165) is 17.7 Å². The minimum atomic E-state index is -0.270. The number of aryl methyl sites for hydroxylation is 2. The van der Waals surface area contributed by atoms with Gasteiger partial charge < -0.3 is 5.11 Å². The Balaban J connectivity index is 2.77. The number of thiophene rings is 1. The van der Waals surface area contributed by atoms with Crippen LogP contribution in [0.3, 0.4) is 0 Å². The molecule has 0 aliphatic rings. The smallest absolute Gasteiger partial charge is 0.0910 e. The Hall–Kier alpha value is -0.340. The van der Waals surface area contributed by atoms with Crippen molar-refractivity contribution >= 4 is 11.3 Å². The molecule has 14 heavy (non-hydrogen) atoms. The first-order valence-electron chi connectivity index (χ1n) is 5.31. The van der Waals surface area contributed by atoms with E-state index in [9.17, 15) is 5.11 Å². The quantitative estimate of drug-likeness (QED) is 0.804. The molecule has 0 bridgehead atoms.